The number of fused-ring (bicyclic) bond motifs is 1. The fourth-order valence-corrected chi connectivity index (χ4v) is 3.41. The Kier molecular flexibility index (Phi) is 8.81. The second-order valence-electron chi connectivity index (χ2n) is 7.72. The van der Waals surface area contributed by atoms with Crippen molar-refractivity contribution < 1.29 is 29.3 Å². The van der Waals surface area contributed by atoms with Gasteiger partial charge in [-0.2, -0.15) is 0 Å². The molecule has 8 nitrogen and oxygen atoms in total. The van der Waals surface area contributed by atoms with Gasteiger partial charge in [-0.3, -0.25) is 19.7 Å². The molecule has 0 fully saturated rings. The highest BCUT2D eigenvalue weighted by Crippen LogP contribution is 2.28. The molecular formula is C23H30N2O6. The molecule has 168 valence electrons. The Bertz CT molecular complexity index is 927. The Morgan fingerprint density at radius 3 is 2.29 bits per heavy atom. The number of rotatable bonds is 12. The standard InChI is InChI=1S/C23H30N2O6/c1-4-31-19-10-9-15-7-5-6-8-16(15)20(19)21(26)24-12-11-17(22(27)28)25-18(23(29)30)13-14(2)3/h5-10,14,17-18,25H,4,11-13H2,1-3H3,(H,24,26)(H,27,28)(H,29,30)/t17-,18-/m0/s1. The van der Waals surface area contributed by atoms with Crippen LogP contribution in [0.4, 0.5) is 0 Å². The number of carboxylic acid groups (broad SMARTS) is 2. The number of nitrogens with one attached hydrogen (secondary N) is 2. The van der Waals surface area contributed by atoms with Gasteiger partial charge < -0.3 is 20.3 Å². The molecule has 0 unspecified atom stereocenters. The van der Waals surface area contributed by atoms with Crippen molar-refractivity contribution >= 4 is 28.6 Å². The van der Waals surface area contributed by atoms with Crippen molar-refractivity contribution in [3.8, 4) is 5.75 Å². The van der Waals surface area contributed by atoms with Crippen molar-refractivity contribution in [2.45, 2.75) is 45.7 Å². The van der Waals surface area contributed by atoms with Gasteiger partial charge in [-0.15, -0.1) is 0 Å². The number of hydrogen-bond donors (Lipinski definition) is 4. The summed E-state index contributed by atoms with van der Waals surface area (Å²) in [7, 11) is 0. The molecule has 0 saturated carbocycles. The number of carbonyl (C=O) groups excluding carboxylic acids is 1. The molecular weight excluding hydrogens is 400 g/mol. The molecule has 0 heterocycles. The van der Waals surface area contributed by atoms with Crippen LogP contribution in [0, 0.1) is 5.92 Å². The summed E-state index contributed by atoms with van der Waals surface area (Å²) in [5.74, 6) is -2.09. The molecule has 2 aromatic carbocycles. The molecule has 0 aliphatic rings. The van der Waals surface area contributed by atoms with E-state index in [2.05, 4.69) is 10.6 Å². The molecule has 0 spiro atoms. The maximum absolute atomic E-state index is 12.9. The van der Waals surface area contributed by atoms with Crippen molar-refractivity contribution in [2.24, 2.45) is 5.92 Å². The predicted octanol–water partition coefficient (Wildman–Crippen LogP) is 2.90. The van der Waals surface area contributed by atoms with Gasteiger partial charge in [0.15, 0.2) is 0 Å². The second kappa shape index (κ2) is 11.3. The molecule has 2 aromatic rings. The molecule has 4 N–H and O–H groups in total. The van der Waals surface area contributed by atoms with Gasteiger partial charge in [0.2, 0.25) is 0 Å². The number of carboxylic acids is 2. The number of benzene rings is 2. The van der Waals surface area contributed by atoms with Crippen LogP contribution in [0.25, 0.3) is 10.8 Å². The minimum absolute atomic E-state index is 0.0394. The highest BCUT2D eigenvalue weighted by atomic mass is 16.5. The first kappa shape index (κ1) is 24.1. The van der Waals surface area contributed by atoms with Gasteiger partial charge in [0.1, 0.15) is 17.8 Å². The van der Waals surface area contributed by atoms with Crippen LogP contribution < -0.4 is 15.4 Å². The number of carbonyl (C=O) groups is 3. The molecule has 8 heteroatoms. The molecule has 0 radical (unpaired) electrons. The average Bonchev–Trinajstić information content (AvgIpc) is 2.71. The topological polar surface area (TPSA) is 125 Å². The van der Waals surface area contributed by atoms with Gasteiger partial charge in [-0.05, 0) is 42.5 Å². The van der Waals surface area contributed by atoms with E-state index in [0.29, 0.717) is 24.3 Å². The van der Waals surface area contributed by atoms with Crippen LogP contribution in [0.5, 0.6) is 5.75 Å². The molecule has 0 aromatic heterocycles. The fraction of sp³-hybridized carbons (Fsp3) is 0.435. The van der Waals surface area contributed by atoms with Crippen molar-refractivity contribution in [2.75, 3.05) is 13.2 Å². The predicted molar refractivity (Wildman–Crippen MR) is 118 cm³/mol. The van der Waals surface area contributed by atoms with Gasteiger partial charge >= 0.3 is 11.9 Å². The van der Waals surface area contributed by atoms with E-state index in [1.54, 1.807) is 6.07 Å². The third-order valence-corrected chi connectivity index (χ3v) is 4.84. The van der Waals surface area contributed by atoms with E-state index in [-0.39, 0.29) is 24.8 Å². The van der Waals surface area contributed by atoms with Gasteiger partial charge in [0, 0.05) is 6.54 Å². The summed E-state index contributed by atoms with van der Waals surface area (Å²) < 4.78 is 5.62. The Balaban J connectivity index is 2.11. The summed E-state index contributed by atoms with van der Waals surface area (Å²) in [4.78, 5) is 36.0. The van der Waals surface area contributed by atoms with E-state index in [1.807, 2.05) is 51.1 Å². The third-order valence-electron chi connectivity index (χ3n) is 4.84. The molecule has 31 heavy (non-hydrogen) atoms. The van der Waals surface area contributed by atoms with E-state index in [9.17, 15) is 24.6 Å². The number of hydrogen-bond acceptors (Lipinski definition) is 5. The number of amides is 1. The van der Waals surface area contributed by atoms with E-state index in [0.717, 1.165) is 10.8 Å². The Morgan fingerprint density at radius 1 is 1.00 bits per heavy atom. The lowest BCUT2D eigenvalue weighted by atomic mass is 10.0. The van der Waals surface area contributed by atoms with Gasteiger partial charge in [-0.1, -0.05) is 44.2 Å². The summed E-state index contributed by atoms with van der Waals surface area (Å²) in [5.41, 5.74) is 0.392. The Morgan fingerprint density at radius 2 is 1.68 bits per heavy atom. The summed E-state index contributed by atoms with van der Waals surface area (Å²) in [6.07, 6.45) is 0.344. The van der Waals surface area contributed by atoms with Crippen LogP contribution in [0.3, 0.4) is 0 Å². The summed E-state index contributed by atoms with van der Waals surface area (Å²) in [5, 5.41) is 25.9. The van der Waals surface area contributed by atoms with Crippen LogP contribution >= 0.6 is 0 Å². The van der Waals surface area contributed by atoms with Crippen molar-refractivity contribution in [3.63, 3.8) is 0 Å². The monoisotopic (exact) mass is 430 g/mol. The summed E-state index contributed by atoms with van der Waals surface area (Å²) >= 11 is 0. The quantitative estimate of drug-likeness (QED) is 0.408. The summed E-state index contributed by atoms with van der Waals surface area (Å²) in [6, 6.07) is 8.99. The first-order valence-corrected chi connectivity index (χ1v) is 10.4. The second-order valence-corrected chi connectivity index (χ2v) is 7.72. The SMILES string of the molecule is CCOc1ccc2ccccc2c1C(=O)NCC[C@H](N[C@@H](CC(C)C)C(=O)O)C(=O)O. The van der Waals surface area contributed by atoms with Gasteiger partial charge in [-0.25, -0.2) is 0 Å². The minimum atomic E-state index is -1.16. The van der Waals surface area contributed by atoms with Crippen LogP contribution in [0.15, 0.2) is 36.4 Å². The normalized spacial score (nSPS) is 13.0. The highest BCUT2D eigenvalue weighted by molar-refractivity contribution is 6.09. The van der Waals surface area contributed by atoms with Crippen molar-refractivity contribution in [1.82, 2.24) is 10.6 Å². The molecule has 2 atom stereocenters. The zero-order valence-electron chi connectivity index (χ0n) is 18.1. The maximum Gasteiger partial charge on any atom is 0.320 e. The van der Waals surface area contributed by atoms with E-state index in [1.165, 1.54) is 0 Å². The average molecular weight is 431 g/mol. The lowest BCUT2D eigenvalue weighted by Gasteiger charge is -2.22. The zero-order chi connectivity index (χ0) is 23.0. The van der Waals surface area contributed by atoms with Crippen molar-refractivity contribution in [3.05, 3.63) is 42.0 Å². The van der Waals surface area contributed by atoms with Crippen LogP contribution in [-0.4, -0.2) is 53.3 Å². The molecule has 0 aliphatic carbocycles. The zero-order valence-corrected chi connectivity index (χ0v) is 18.1. The smallest absolute Gasteiger partial charge is 0.320 e. The lowest BCUT2D eigenvalue weighted by Crippen LogP contribution is -2.49. The fourth-order valence-electron chi connectivity index (χ4n) is 3.41. The molecule has 0 aliphatic heterocycles. The molecule has 1 amide bonds. The van der Waals surface area contributed by atoms with Crippen molar-refractivity contribution in [1.29, 1.82) is 0 Å². The Labute approximate surface area is 181 Å². The maximum atomic E-state index is 12.9. The van der Waals surface area contributed by atoms with Crippen LogP contribution in [-0.2, 0) is 9.59 Å². The minimum Gasteiger partial charge on any atom is -0.493 e. The van der Waals surface area contributed by atoms with E-state index in [4.69, 9.17) is 4.74 Å². The van der Waals surface area contributed by atoms with Gasteiger partial charge in [0.25, 0.3) is 5.91 Å². The van der Waals surface area contributed by atoms with E-state index >= 15 is 0 Å². The molecule has 2 rings (SSSR count). The van der Waals surface area contributed by atoms with Crippen LogP contribution in [0.2, 0.25) is 0 Å². The molecule has 0 saturated heterocycles. The highest BCUT2D eigenvalue weighted by Gasteiger charge is 2.26. The lowest BCUT2D eigenvalue weighted by molar-refractivity contribution is -0.143. The third kappa shape index (κ3) is 6.68. The first-order chi connectivity index (χ1) is 14.7. The number of ether oxygens (including phenoxy) is 1. The summed E-state index contributed by atoms with van der Waals surface area (Å²) in [6.45, 7) is 6.03. The molecule has 0 bridgehead atoms. The van der Waals surface area contributed by atoms with Gasteiger partial charge in [0.05, 0.1) is 12.2 Å². The number of aliphatic carboxylic acids is 2. The largest absolute Gasteiger partial charge is 0.493 e. The Hall–Kier alpha value is -3.13. The van der Waals surface area contributed by atoms with E-state index < -0.39 is 24.0 Å². The first-order valence-electron chi connectivity index (χ1n) is 10.4. The van der Waals surface area contributed by atoms with Crippen LogP contribution in [0.1, 0.15) is 44.0 Å².